The molecule has 3 rings (SSSR count). The average Bonchev–Trinajstić information content (AvgIpc) is 2.67. The summed E-state index contributed by atoms with van der Waals surface area (Å²) < 4.78 is 13.8. The van der Waals surface area contributed by atoms with Crippen LogP contribution >= 0.6 is 11.8 Å². The van der Waals surface area contributed by atoms with Crippen molar-refractivity contribution >= 4 is 23.6 Å². The molecule has 0 aromatic heterocycles. The number of amides is 2. The van der Waals surface area contributed by atoms with Crippen LogP contribution in [0.4, 0.5) is 4.39 Å². The van der Waals surface area contributed by atoms with Gasteiger partial charge >= 0.3 is 0 Å². The fraction of sp³-hybridized carbons (Fsp3) is 0.333. The Morgan fingerprint density at radius 1 is 1.21 bits per heavy atom. The number of hydrogen-bond donors (Lipinski definition) is 3. The van der Waals surface area contributed by atoms with E-state index in [9.17, 15) is 14.0 Å². The summed E-state index contributed by atoms with van der Waals surface area (Å²) in [5.41, 5.74) is 1.26. The highest BCUT2D eigenvalue weighted by molar-refractivity contribution is 7.99. The lowest BCUT2D eigenvalue weighted by Crippen LogP contribution is -2.55. The molecule has 28 heavy (non-hydrogen) atoms. The van der Waals surface area contributed by atoms with Crippen LogP contribution in [0.25, 0.3) is 0 Å². The Kier molecular flexibility index (Phi) is 7.06. The Morgan fingerprint density at radius 2 is 1.93 bits per heavy atom. The van der Waals surface area contributed by atoms with Crippen LogP contribution in [-0.2, 0) is 15.3 Å². The summed E-state index contributed by atoms with van der Waals surface area (Å²) in [6.45, 7) is 1.93. The van der Waals surface area contributed by atoms with Gasteiger partial charge in [0, 0.05) is 24.6 Å². The topological polar surface area (TPSA) is 70.2 Å². The van der Waals surface area contributed by atoms with E-state index >= 15 is 0 Å². The standard InChI is InChI=1S/C21H24FN3O2S/c1-14(15-7-3-2-4-8-15)23-19(26)11-17-12-20(27)25-21(24-17)28-13-16-9-5-6-10-18(16)22/h2-10,14,17,21,24H,11-13H2,1H3,(H,23,26)(H,25,27). The molecule has 2 aromatic carbocycles. The van der Waals surface area contributed by atoms with Crippen LogP contribution in [0.2, 0.25) is 0 Å². The van der Waals surface area contributed by atoms with Gasteiger partial charge in [-0.25, -0.2) is 4.39 Å². The second-order valence-corrected chi connectivity index (χ2v) is 7.92. The summed E-state index contributed by atoms with van der Waals surface area (Å²) in [5, 5.41) is 9.07. The highest BCUT2D eigenvalue weighted by Gasteiger charge is 2.28. The Labute approximate surface area is 168 Å². The minimum absolute atomic E-state index is 0.0997. The van der Waals surface area contributed by atoms with Crippen LogP contribution < -0.4 is 16.0 Å². The quantitative estimate of drug-likeness (QED) is 0.667. The number of benzene rings is 2. The Hall–Kier alpha value is -2.38. The predicted molar refractivity (Wildman–Crippen MR) is 109 cm³/mol. The summed E-state index contributed by atoms with van der Waals surface area (Å²) in [6.07, 6.45) is 0.450. The number of rotatable bonds is 7. The molecule has 2 aromatic rings. The number of halogens is 1. The van der Waals surface area contributed by atoms with Crippen molar-refractivity contribution in [1.82, 2.24) is 16.0 Å². The van der Waals surface area contributed by atoms with Gasteiger partial charge in [-0.15, -0.1) is 11.8 Å². The molecule has 3 unspecified atom stereocenters. The predicted octanol–water partition coefficient (Wildman–Crippen LogP) is 3.09. The normalized spacial score (nSPS) is 20.3. The molecule has 0 radical (unpaired) electrons. The molecular formula is C21H24FN3O2S. The van der Waals surface area contributed by atoms with Gasteiger partial charge in [0.05, 0.1) is 6.04 Å². The van der Waals surface area contributed by atoms with Crippen LogP contribution in [-0.4, -0.2) is 23.4 Å². The Bertz CT molecular complexity index is 818. The number of thioether (sulfide) groups is 1. The zero-order valence-electron chi connectivity index (χ0n) is 15.7. The van der Waals surface area contributed by atoms with Crippen molar-refractivity contribution in [2.24, 2.45) is 0 Å². The van der Waals surface area contributed by atoms with Gasteiger partial charge in [0.2, 0.25) is 11.8 Å². The van der Waals surface area contributed by atoms with Gasteiger partial charge in [-0.3, -0.25) is 14.9 Å². The first kappa shape index (κ1) is 20.4. The second kappa shape index (κ2) is 9.71. The molecule has 1 fully saturated rings. The smallest absolute Gasteiger partial charge is 0.223 e. The number of carbonyl (C=O) groups is 2. The van der Waals surface area contributed by atoms with Crippen LogP contribution in [0, 0.1) is 5.82 Å². The Balaban J connectivity index is 1.50. The van der Waals surface area contributed by atoms with Crippen molar-refractivity contribution in [2.45, 2.75) is 43.1 Å². The first-order chi connectivity index (χ1) is 13.5. The number of nitrogens with one attached hydrogen (secondary N) is 3. The fourth-order valence-electron chi connectivity index (χ4n) is 3.10. The first-order valence-corrected chi connectivity index (χ1v) is 10.3. The van der Waals surface area contributed by atoms with Gasteiger partial charge in [-0.2, -0.15) is 0 Å². The first-order valence-electron chi connectivity index (χ1n) is 9.26. The third kappa shape index (κ3) is 5.81. The summed E-state index contributed by atoms with van der Waals surface area (Å²) in [4.78, 5) is 24.4. The molecule has 5 nitrogen and oxygen atoms in total. The molecule has 1 aliphatic rings. The molecule has 2 amide bonds. The highest BCUT2D eigenvalue weighted by atomic mass is 32.2. The third-order valence-corrected chi connectivity index (χ3v) is 5.65. The molecule has 148 valence electrons. The molecule has 0 saturated carbocycles. The number of hydrogen-bond acceptors (Lipinski definition) is 4. The van der Waals surface area contributed by atoms with E-state index in [4.69, 9.17) is 0 Å². The van der Waals surface area contributed by atoms with Gasteiger partial charge in [0.15, 0.2) is 0 Å². The molecule has 1 saturated heterocycles. The van der Waals surface area contributed by atoms with Gasteiger partial charge in [-0.1, -0.05) is 48.5 Å². The van der Waals surface area contributed by atoms with E-state index in [0.717, 1.165) is 5.56 Å². The summed E-state index contributed by atoms with van der Waals surface area (Å²) >= 11 is 1.40. The summed E-state index contributed by atoms with van der Waals surface area (Å²) in [5.74, 6) is -0.0581. The molecule has 1 heterocycles. The molecule has 0 aliphatic carbocycles. The van der Waals surface area contributed by atoms with E-state index < -0.39 is 0 Å². The highest BCUT2D eigenvalue weighted by Crippen LogP contribution is 2.21. The Morgan fingerprint density at radius 3 is 2.68 bits per heavy atom. The van der Waals surface area contributed by atoms with Crippen molar-refractivity contribution in [3.63, 3.8) is 0 Å². The monoisotopic (exact) mass is 401 g/mol. The summed E-state index contributed by atoms with van der Waals surface area (Å²) in [6, 6.07) is 16.0. The van der Waals surface area contributed by atoms with E-state index in [0.29, 0.717) is 11.3 Å². The van der Waals surface area contributed by atoms with E-state index in [-0.39, 0.29) is 48.1 Å². The lowest BCUT2D eigenvalue weighted by Gasteiger charge is -2.31. The molecule has 0 bridgehead atoms. The van der Waals surface area contributed by atoms with Crippen molar-refractivity contribution in [3.05, 3.63) is 71.5 Å². The lowest BCUT2D eigenvalue weighted by molar-refractivity contribution is -0.125. The van der Waals surface area contributed by atoms with Gasteiger partial charge < -0.3 is 10.6 Å². The van der Waals surface area contributed by atoms with Crippen molar-refractivity contribution in [2.75, 3.05) is 0 Å². The molecule has 7 heteroatoms. The maximum Gasteiger partial charge on any atom is 0.223 e. The van der Waals surface area contributed by atoms with Crippen LogP contribution in [0.15, 0.2) is 54.6 Å². The minimum atomic E-state index is -0.356. The van der Waals surface area contributed by atoms with E-state index in [1.54, 1.807) is 18.2 Å². The van der Waals surface area contributed by atoms with E-state index in [1.165, 1.54) is 17.8 Å². The van der Waals surface area contributed by atoms with Crippen LogP contribution in [0.3, 0.4) is 0 Å². The average molecular weight is 402 g/mol. The van der Waals surface area contributed by atoms with E-state index in [1.807, 2.05) is 37.3 Å². The fourth-order valence-corrected chi connectivity index (χ4v) is 4.19. The van der Waals surface area contributed by atoms with Crippen molar-refractivity contribution in [1.29, 1.82) is 0 Å². The van der Waals surface area contributed by atoms with Gasteiger partial charge in [-0.05, 0) is 24.1 Å². The largest absolute Gasteiger partial charge is 0.350 e. The van der Waals surface area contributed by atoms with Crippen LogP contribution in [0.1, 0.15) is 36.9 Å². The molecule has 3 N–H and O–H groups in total. The molecular weight excluding hydrogens is 377 g/mol. The van der Waals surface area contributed by atoms with E-state index in [2.05, 4.69) is 16.0 Å². The van der Waals surface area contributed by atoms with Gasteiger partial charge in [0.1, 0.15) is 11.3 Å². The zero-order valence-corrected chi connectivity index (χ0v) is 16.5. The van der Waals surface area contributed by atoms with Crippen molar-refractivity contribution in [3.8, 4) is 0 Å². The van der Waals surface area contributed by atoms with Crippen LogP contribution in [0.5, 0.6) is 0 Å². The minimum Gasteiger partial charge on any atom is -0.350 e. The van der Waals surface area contributed by atoms with Crippen molar-refractivity contribution < 1.29 is 14.0 Å². The maximum absolute atomic E-state index is 13.8. The number of carbonyl (C=O) groups excluding carboxylic acids is 2. The molecule has 0 spiro atoms. The molecule has 3 atom stereocenters. The lowest BCUT2D eigenvalue weighted by atomic mass is 10.1. The zero-order chi connectivity index (χ0) is 19.9. The molecule has 1 aliphatic heterocycles. The van der Waals surface area contributed by atoms with Gasteiger partial charge in [0.25, 0.3) is 0 Å². The summed E-state index contributed by atoms with van der Waals surface area (Å²) in [7, 11) is 0. The SMILES string of the molecule is CC(NC(=O)CC1CC(=O)NC(SCc2ccccc2F)N1)c1ccccc1. The third-order valence-electron chi connectivity index (χ3n) is 4.58. The maximum atomic E-state index is 13.8. The second-order valence-electron chi connectivity index (χ2n) is 6.82.